The summed E-state index contributed by atoms with van der Waals surface area (Å²) in [6.07, 6.45) is 2.71. The number of ether oxygens (including phenoxy) is 2. The van der Waals surface area contributed by atoms with Crippen LogP contribution >= 0.6 is 0 Å². The van der Waals surface area contributed by atoms with E-state index in [1.54, 1.807) is 40.8 Å². The van der Waals surface area contributed by atoms with E-state index in [0.29, 0.717) is 47.0 Å². The number of nitrogens with zero attached hydrogens (tertiary/aromatic N) is 6. The second kappa shape index (κ2) is 11.1. The van der Waals surface area contributed by atoms with Gasteiger partial charge in [-0.3, -0.25) is 0 Å². The SMILES string of the molecule is CCc1c(-n2cnc(C)n2)ccc(OC)c1F.CCc1c(-n2nc(C)nc2C)ccc(OC)c1F. The molecular weight excluding hydrogens is 454 g/mol. The zero-order valence-corrected chi connectivity index (χ0v) is 21.1. The van der Waals surface area contributed by atoms with Crippen molar-refractivity contribution in [3.63, 3.8) is 0 Å². The van der Waals surface area contributed by atoms with Crippen molar-refractivity contribution in [2.24, 2.45) is 0 Å². The molecule has 0 unspecified atom stereocenters. The Balaban J connectivity index is 0.000000196. The first-order valence-electron chi connectivity index (χ1n) is 11.3. The van der Waals surface area contributed by atoms with Gasteiger partial charge in [-0.15, -0.1) is 0 Å². The van der Waals surface area contributed by atoms with Crippen LogP contribution in [0.2, 0.25) is 0 Å². The van der Waals surface area contributed by atoms with Crippen LogP contribution in [0.4, 0.5) is 8.78 Å². The van der Waals surface area contributed by atoms with Gasteiger partial charge in [0.05, 0.1) is 25.6 Å². The number of aromatic nitrogens is 6. The largest absolute Gasteiger partial charge is 0.494 e. The summed E-state index contributed by atoms with van der Waals surface area (Å²) < 4.78 is 41.4. The van der Waals surface area contributed by atoms with Crippen LogP contribution in [0.1, 0.15) is 42.4 Å². The fourth-order valence-corrected chi connectivity index (χ4v) is 3.79. The van der Waals surface area contributed by atoms with Gasteiger partial charge in [-0.2, -0.15) is 10.2 Å². The first-order chi connectivity index (χ1) is 16.7. The summed E-state index contributed by atoms with van der Waals surface area (Å²) >= 11 is 0. The molecule has 0 bridgehead atoms. The van der Waals surface area contributed by atoms with Gasteiger partial charge in [0.25, 0.3) is 0 Å². The van der Waals surface area contributed by atoms with E-state index in [2.05, 4.69) is 20.2 Å². The summed E-state index contributed by atoms with van der Waals surface area (Å²) in [4.78, 5) is 8.27. The fourth-order valence-electron chi connectivity index (χ4n) is 3.79. The standard InChI is InChI=1S/C13H16FN3O.C12H14FN3O/c1-5-10-11(6-7-12(18-4)13(10)14)17-9(3)15-8(2)16-17;1-4-9-10(16-7-14-8(2)15-16)5-6-11(17-3)12(9)13/h6-7H,5H2,1-4H3;5-7H,4H2,1-3H3. The normalized spacial score (nSPS) is 10.7. The molecular formula is C25H30F2N6O2. The van der Waals surface area contributed by atoms with Crippen LogP contribution in [0.15, 0.2) is 30.6 Å². The molecule has 8 nitrogen and oxygen atoms in total. The molecule has 0 radical (unpaired) electrons. The van der Waals surface area contributed by atoms with Crippen LogP contribution in [0.5, 0.6) is 11.5 Å². The Kier molecular flexibility index (Phi) is 8.16. The molecule has 10 heteroatoms. The molecule has 0 saturated heterocycles. The van der Waals surface area contributed by atoms with Crippen molar-refractivity contribution in [2.75, 3.05) is 14.2 Å². The summed E-state index contributed by atoms with van der Waals surface area (Å²) in [6, 6.07) is 6.80. The van der Waals surface area contributed by atoms with Crippen molar-refractivity contribution in [1.29, 1.82) is 0 Å². The van der Waals surface area contributed by atoms with Crippen molar-refractivity contribution in [1.82, 2.24) is 29.5 Å². The second-order valence-electron chi connectivity index (χ2n) is 7.72. The Bertz CT molecular complexity index is 1320. The minimum absolute atomic E-state index is 0.252. The summed E-state index contributed by atoms with van der Waals surface area (Å²) in [6.45, 7) is 9.25. The molecule has 2 heterocycles. The molecule has 186 valence electrons. The Morgan fingerprint density at radius 2 is 1.31 bits per heavy atom. The highest BCUT2D eigenvalue weighted by Crippen LogP contribution is 2.27. The van der Waals surface area contributed by atoms with Crippen LogP contribution in [-0.4, -0.2) is 43.7 Å². The van der Waals surface area contributed by atoms with Crippen molar-refractivity contribution >= 4 is 0 Å². The molecule has 0 aliphatic carbocycles. The average molecular weight is 485 g/mol. The summed E-state index contributed by atoms with van der Waals surface area (Å²) in [5.41, 5.74) is 2.58. The van der Waals surface area contributed by atoms with Crippen LogP contribution in [-0.2, 0) is 12.8 Å². The van der Waals surface area contributed by atoms with Crippen molar-refractivity contribution in [3.8, 4) is 22.9 Å². The molecule has 0 atom stereocenters. The summed E-state index contributed by atoms with van der Waals surface area (Å²) in [5.74, 6) is 1.92. The van der Waals surface area contributed by atoms with Crippen LogP contribution < -0.4 is 9.47 Å². The monoisotopic (exact) mass is 484 g/mol. The van der Waals surface area contributed by atoms with E-state index in [0.717, 1.165) is 5.82 Å². The number of benzene rings is 2. The Morgan fingerprint density at radius 3 is 1.74 bits per heavy atom. The number of methoxy groups -OCH3 is 2. The molecule has 4 aromatic rings. The third kappa shape index (κ3) is 5.31. The number of aryl methyl sites for hydroxylation is 3. The summed E-state index contributed by atoms with van der Waals surface area (Å²) in [7, 11) is 2.92. The smallest absolute Gasteiger partial charge is 0.170 e. The second-order valence-corrected chi connectivity index (χ2v) is 7.72. The minimum Gasteiger partial charge on any atom is -0.494 e. The van der Waals surface area contributed by atoms with Gasteiger partial charge in [-0.05, 0) is 57.9 Å². The van der Waals surface area contributed by atoms with E-state index >= 15 is 0 Å². The molecule has 0 N–H and O–H groups in total. The maximum Gasteiger partial charge on any atom is 0.170 e. The first kappa shape index (κ1) is 25.8. The van der Waals surface area contributed by atoms with Crippen molar-refractivity contribution < 1.29 is 18.3 Å². The van der Waals surface area contributed by atoms with Gasteiger partial charge in [-0.25, -0.2) is 28.1 Å². The molecule has 2 aromatic heterocycles. The van der Waals surface area contributed by atoms with Gasteiger partial charge >= 0.3 is 0 Å². The van der Waals surface area contributed by atoms with E-state index in [-0.39, 0.29) is 23.1 Å². The van der Waals surface area contributed by atoms with E-state index in [1.807, 2.05) is 33.8 Å². The topological polar surface area (TPSA) is 79.9 Å². The van der Waals surface area contributed by atoms with Crippen LogP contribution in [0.25, 0.3) is 11.4 Å². The van der Waals surface area contributed by atoms with E-state index < -0.39 is 0 Å². The quantitative estimate of drug-likeness (QED) is 0.388. The molecule has 0 aliphatic heterocycles. The predicted molar refractivity (Wildman–Crippen MR) is 129 cm³/mol. The molecule has 4 rings (SSSR count). The van der Waals surface area contributed by atoms with Gasteiger partial charge < -0.3 is 9.47 Å². The maximum atomic E-state index is 14.2. The lowest BCUT2D eigenvalue weighted by atomic mass is 10.1. The maximum absolute atomic E-state index is 14.2. The van der Waals surface area contributed by atoms with Crippen LogP contribution in [0.3, 0.4) is 0 Å². The van der Waals surface area contributed by atoms with Gasteiger partial charge in [-0.1, -0.05) is 13.8 Å². The van der Waals surface area contributed by atoms with Crippen LogP contribution in [0, 0.1) is 32.4 Å². The number of hydrogen-bond donors (Lipinski definition) is 0. The first-order valence-corrected chi connectivity index (χ1v) is 11.3. The van der Waals surface area contributed by atoms with Crippen molar-refractivity contribution in [2.45, 2.75) is 47.5 Å². The van der Waals surface area contributed by atoms with E-state index in [9.17, 15) is 8.78 Å². The predicted octanol–water partition coefficient (Wildman–Crippen LogP) is 4.88. The lowest BCUT2D eigenvalue weighted by Gasteiger charge is -2.12. The molecule has 35 heavy (non-hydrogen) atoms. The third-order valence-corrected chi connectivity index (χ3v) is 5.47. The van der Waals surface area contributed by atoms with Gasteiger partial charge in [0, 0.05) is 11.1 Å². The zero-order chi connectivity index (χ0) is 25.7. The van der Waals surface area contributed by atoms with Gasteiger partial charge in [0.15, 0.2) is 23.1 Å². The highest BCUT2D eigenvalue weighted by molar-refractivity contribution is 5.48. The highest BCUT2D eigenvalue weighted by Gasteiger charge is 2.17. The number of hydrogen-bond acceptors (Lipinski definition) is 6. The minimum atomic E-state index is -0.333. The third-order valence-electron chi connectivity index (χ3n) is 5.47. The molecule has 0 fully saturated rings. The zero-order valence-electron chi connectivity index (χ0n) is 21.1. The summed E-state index contributed by atoms with van der Waals surface area (Å²) in [5, 5.41) is 8.47. The molecule has 0 spiro atoms. The Labute approximate surface area is 203 Å². The van der Waals surface area contributed by atoms with Crippen molar-refractivity contribution in [3.05, 3.63) is 70.8 Å². The lowest BCUT2D eigenvalue weighted by Crippen LogP contribution is -2.06. The van der Waals surface area contributed by atoms with E-state index in [1.165, 1.54) is 14.2 Å². The highest BCUT2D eigenvalue weighted by atomic mass is 19.1. The number of halogens is 2. The molecule has 0 aliphatic rings. The lowest BCUT2D eigenvalue weighted by molar-refractivity contribution is 0.384. The van der Waals surface area contributed by atoms with Gasteiger partial charge in [0.2, 0.25) is 0 Å². The Hall–Kier alpha value is -3.82. The molecule has 0 amide bonds. The van der Waals surface area contributed by atoms with Gasteiger partial charge in [0.1, 0.15) is 23.8 Å². The fraction of sp³-hybridized carbons (Fsp3) is 0.360. The molecule has 2 aromatic carbocycles. The average Bonchev–Trinajstić information content (AvgIpc) is 3.43. The van der Waals surface area contributed by atoms with E-state index in [4.69, 9.17) is 9.47 Å². The molecule has 0 saturated carbocycles. The Morgan fingerprint density at radius 1 is 0.771 bits per heavy atom. The number of rotatable bonds is 6.